The lowest BCUT2D eigenvalue weighted by molar-refractivity contribution is 0.149. The van der Waals surface area contributed by atoms with Crippen LogP contribution in [-0.4, -0.2) is 13.2 Å². The summed E-state index contributed by atoms with van der Waals surface area (Å²) in [5.41, 5.74) is 1.33. The third-order valence-electron chi connectivity index (χ3n) is 2.98. The molecular formula is C16H21NOS. The van der Waals surface area contributed by atoms with E-state index in [0.29, 0.717) is 13.2 Å². The monoisotopic (exact) mass is 275 g/mol. The van der Waals surface area contributed by atoms with Crippen molar-refractivity contribution in [3.63, 3.8) is 0 Å². The molecule has 0 atom stereocenters. The minimum atomic E-state index is 0.603. The van der Waals surface area contributed by atoms with E-state index in [9.17, 15) is 0 Å². The van der Waals surface area contributed by atoms with Crippen molar-refractivity contribution in [1.29, 1.82) is 0 Å². The van der Waals surface area contributed by atoms with Crippen LogP contribution in [0.5, 0.6) is 0 Å². The highest BCUT2D eigenvalue weighted by Crippen LogP contribution is 2.31. The molecule has 102 valence electrons. The van der Waals surface area contributed by atoms with E-state index >= 15 is 0 Å². The summed E-state index contributed by atoms with van der Waals surface area (Å²) in [5.74, 6) is 0. The molecule has 1 aromatic heterocycles. The van der Waals surface area contributed by atoms with Crippen LogP contribution < -0.4 is 5.32 Å². The average molecular weight is 275 g/mol. The Balaban J connectivity index is 2.21. The second kappa shape index (κ2) is 7.43. The van der Waals surface area contributed by atoms with Gasteiger partial charge >= 0.3 is 0 Å². The van der Waals surface area contributed by atoms with Crippen LogP contribution in [0.15, 0.2) is 36.9 Å². The number of hydrogen-bond donors (Lipinski definition) is 1. The molecule has 0 radical (unpaired) electrons. The summed E-state index contributed by atoms with van der Waals surface area (Å²) < 4.78 is 6.98. The summed E-state index contributed by atoms with van der Waals surface area (Å²) >= 11 is 1.86. The Hall–Kier alpha value is -1.16. The van der Waals surface area contributed by atoms with Gasteiger partial charge in [0.15, 0.2) is 0 Å². The predicted molar refractivity (Wildman–Crippen MR) is 83.7 cm³/mol. The first kappa shape index (κ1) is 14.3. The van der Waals surface area contributed by atoms with E-state index in [0.717, 1.165) is 19.5 Å². The lowest BCUT2D eigenvalue weighted by Gasteiger charge is -2.06. The summed E-state index contributed by atoms with van der Waals surface area (Å²) in [5, 5.41) is 4.80. The van der Waals surface area contributed by atoms with Crippen LogP contribution in [0.4, 0.5) is 0 Å². The van der Waals surface area contributed by atoms with E-state index in [1.807, 2.05) is 11.3 Å². The minimum absolute atomic E-state index is 0.603. The maximum Gasteiger partial charge on any atom is 0.0738 e. The van der Waals surface area contributed by atoms with E-state index in [-0.39, 0.29) is 0 Å². The lowest BCUT2D eigenvalue weighted by Crippen LogP contribution is -2.14. The normalized spacial score (nSPS) is 11.0. The van der Waals surface area contributed by atoms with Gasteiger partial charge in [0, 0.05) is 21.7 Å². The van der Waals surface area contributed by atoms with Crippen LogP contribution in [-0.2, 0) is 17.9 Å². The van der Waals surface area contributed by atoms with Gasteiger partial charge in [-0.3, -0.25) is 0 Å². The quantitative estimate of drug-likeness (QED) is 0.578. The van der Waals surface area contributed by atoms with Crippen LogP contribution in [0.3, 0.4) is 0 Å². The van der Waals surface area contributed by atoms with Gasteiger partial charge in [-0.1, -0.05) is 31.2 Å². The van der Waals surface area contributed by atoms with Gasteiger partial charge in [0.1, 0.15) is 0 Å². The lowest BCUT2D eigenvalue weighted by atomic mass is 10.1. The van der Waals surface area contributed by atoms with Crippen LogP contribution in [0.1, 0.15) is 23.8 Å². The minimum Gasteiger partial charge on any atom is -0.373 e. The molecule has 0 bridgehead atoms. The molecule has 2 nitrogen and oxygen atoms in total. The number of fused-ring (bicyclic) bond motifs is 1. The second-order valence-corrected chi connectivity index (χ2v) is 5.62. The molecule has 0 fully saturated rings. The van der Waals surface area contributed by atoms with Gasteiger partial charge in [0.25, 0.3) is 0 Å². The van der Waals surface area contributed by atoms with Crippen molar-refractivity contribution in [3.05, 3.63) is 47.4 Å². The molecule has 0 amide bonds. The van der Waals surface area contributed by atoms with Crippen LogP contribution in [0.2, 0.25) is 0 Å². The molecule has 0 spiro atoms. The Kier molecular flexibility index (Phi) is 5.58. The summed E-state index contributed by atoms with van der Waals surface area (Å²) in [6, 6.07) is 8.55. The Morgan fingerprint density at radius 1 is 1.37 bits per heavy atom. The van der Waals surface area contributed by atoms with Gasteiger partial charge in [-0.15, -0.1) is 17.9 Å². The number of rotatable bonds is 8. The fourth-order valence-electron chi connectivity index (χ4n) is 2.07. The van der Waals surface area contributed by atoms with Crippen LogP contribution in [0, 0.1) is 0 Å². The first-order chi connectivity index (χ1) is 9.36. The van der Waals surface area contributed by atoms with E-state index in [2.05, 4.69) is 43.1 Å². The largest absolute Gasteiger partial charge is 0.373 e. The van der Waals surface area contributed by atoms with Gasteiger partial charge in [0.2, 0.25) is 0 Å². The number of thiophene rings is 1. The fraction of sp³-hybridized carbons (Fsp3) is 0.375. The van der Waals surface area contributed by atoms with E-state index < -0.39 is 0 Å². The molecule has 3 heteroatoms. The van der Waals surface area contributed by atoms with Crippen molar-refractivity contribution in [1.82, 2.24) is 5.32 Å². The molecule has 2 rings (SSSR count). The molecule has 0 saturated heterocycles. The summed E-state index contributed by atoms with van der Waals surface area (Å²) in [7, 11) is 0. The van der Waals surface area contributed by atoms with Crippen molar-refractivity contribution >= 4 is 21.4 Å². The van der Waals surface area contributed by atoms with Gasteiger partial charge in [-0.2, -0.15) is 0 Å². The van der Waals surface area contributed by atoms with E-state index in [1.54, 1.807) is 6.08 Å². The topological polar surface area (TPSA) is 21.3 Å². The maximum absolute atomic E-state index is 5.64. The number of hydrogen-bond acceptors (Lipinski definition) is 3. The summed E-state index contributed by atoms with van der Waals surface area (Å²) in [4.78, 5) is 1.39. The standard InChI is InChI=1S/C16H21NOS/c1-3-9-17-11-16-14(12-18-10-4-2)13-7-5-6-8-15(13)19-16/h4-8,17H,2-3,9-12H2,1H3. The van der Waals surface area contributed by atoms with Crippen molar-refractivity contribution < 1.29 is 4.74 Å². The zero-order valence-electron chi connectivity index (χ0n) is 11.4. The third-order valence-corrected chi connectivity index (χ3v) is 4.19. The molecule has 0 aliphatic carbocycles. The Morgan fingerprint density at radius 2 is 2.21 bits per heavy atom. The Bertz CT molecular complexity index is 533. The smallest absolute Gasteiger partial charge is 0.0738 e. The predicted octanol–water partition coefficient (Wildman–Crippen LogP) is 4.10. The molecule has 19 heavy (non-hydrogen) atoms. The molecule has 1 aromatic carbocycles. The second-order valence-electron chi connectivity index (χ2n) is 4.48. The average Bonchev–Trinajstić information content (AvgIpc) is 2.78. The number of benzene rings is 1. The van der Waals surface area contributed by atoms with Crippen LogP contribution >= 0.6 is 11.3 Å². The molecule has 1 heterocycles. The van der Waals surface area contributed by atoms with Crippen LogP contribution in [0.25, 0.3) is 10.1 Å². The van der Waals surface area contributed by atoms with Gasteiger partial charge in [0.05, 0.1) is 13.2 Å². The molecular weight excluding hydrogens is 254 g/mol. The highest BCUT2D eigenvalue weighted by molar-refractivity contribution is 7.19. The van der Waals surface area contributed by atoms with Crippen molar-refractivity contribution in [2.45, 2.75) is 26.5 Å². The molecule has 0 unspecified atom stereocenters. The van der Waals surface area contributed by atoms with E-state index in [4.69, 9.17) is 4.74 Å². The molecule has 0 aliphatic rings. The van der Waals surface area contributed by atoms with E-state index in [1.165, 1.54) is 20.5 Å². The highest BCUT2D eigenvalue weighted by atomic mass is 32.1. The van der Waals surface area contributed by atoms with Crippen molar-refractivity contribution in [2.75, 3.05) is 13.2 Å². The Labute approximate surface area is 119 Å². The molecule has 0 aliphatic heterocycles. The summed E-state index contributed by atoms with van der Waals surface area (Å²) in [6.45, 7) is 9.13. The Morgan fingerprint density at radius 3 is 3.00 bits per heavy atom. The van der Waals surface area contributed by atoms with Crippen molar-refractivity contribution in [3.8, 4) is 0 Å². The molecule has 1 N–H and O–H groups in total. The number of nitrogens with one attached hydrogen (secondary N) is 1. The zero-order valence-corrected chi connectivity index (χ0v) is 12.3. The number of ether oxygens (including phenoxy) is 1. The summed E-state index contributed by atoms with van der Waals surface area (Å²) in [6.07, 6.45) is 2.96. The third kappa shape index (κ3) is 3.66. The molecule has 2 aromatic rings. The SMILES string of the molecule is C=CCOCc1c(CNCCC)sc2ccccc12. The first-order valence-corrected chi connectivity index (χ1v) is 7.57. The van der Waals surface area contributed by atoms with Crippen molar-refractivity contribution in [2.24, 2.45) is 0 Å². The van der Waals surface area contributed by atoms with Gasteiger partial charge < -0.3 is 10.1 Å². The maximum atomic E-state index is 5.64. The van der Waals surface area contributed by atoms with Gasteiger partial charge in [-0.25, -0.2) is 0 Å². The highest BCUT2D eigenvalue weighted by Gasteiger charge is 2.11. The van der Waals surface area contributed by atoms with Gasteiger partial charge in [-0.05, 0) is 24.4 Å². The molecule has 0 saturated carbocycles. The zero-order chi connectivity index (χ0) is 13.5. The fourth-order valence-corrected chi connectivity index (χ4v) is 3.25. The first-order valence-electron chi connectivity index (χ1n) is 6.75.